The number of carbonyl (C=O) groups excluding carboxylic acids is 1. The van der Waals surface area contributed by atoms with Gasteiger partial charge >= 0.3 is 6.03 Å². The van der Waals surface area contributed by atoms with Crippen molar-refractivity contribution < 1.29 is 18.5 Å². The average Bonchev–Trinajstić information content (AvgIpc) is 3.03. The highest BCUT2D eigenvalue weighted by Crippen LogP contribution is 2.17. The summed E-state index contributed by atoms with van der Waals surface area (Å²) in [6, 6.07) is 3.16. The Hall–Kier alpha value is -1.82. The first-order chi connectivity index (χ1) is 8.16. The smallest absolute Gasteiger partial charge is 0.207 e. The molecule has 2 amide bonds. The van der Waals surface area contributed by atoms with E-state index in [2.05, 4.69) is 10.5 Å². The third kappa shape index (κ3) is 1.70. The third-order valence-corrected chi connectivity index (χ3v) is 2.94. The monoisotopic (exact) mass is 238 g/mol. The van der Waals surface area contributed by atoms with E-state index >= 15 is 0 Å². The third-order valence-electron chi connectivity index (χ3n) is 2.94. The summed E-state index contributed by atoms with van der Waals surface area (Å²) in [5.74, 6) is -1.02. The number of rotatable bonds is 2. The van der Waals surface area contributed by atoms with E-state index < -0.39 is 11.6 Å². The van der Waals surface area contributed by atoms with Gasteiger partial charge in [0.1, 0.15) is 17.7 Å². The Bertz CT molecular complexity index is 525. The first kappa shape index (κ1) is 10.3. The quantitative estimate of drug-likeness (QED) is 0.769. The van der Waals surface area contributed by atoms with Gasteiger partial charge < -0.3 is 0 Å². The van der Waals surface area contributed by atoms with Gasteiger partial charge in [-0.2, -0.15) is 10.3 Å². The van der Waals surface area contributed by atoms with Crippen LogP contribution in [0.3, 0.4) is 0 Å². The summed E-state index contributed by atoms with van der Waals surface area (Å²) >= 11 is 0. The van der Waals surface area contributed by atoms with Crippen LogP contribution in [0.4, 0.5) is 13.6 Å². The molecule has 1 aromatic rings. The molecule has 88 valence electrons. The number of nitrogens with one attached hydrogen (secondary N) is 2. The van der Waals surface area contributed by atoms with E-state index in [1.807, 2.05) is 0 Å². The zero-order valence-corrected chi connectivity index (χ0v) is 8.84. The van der Waals surface area contributed by atoms with Gasteiger partial charge in [0, 0.05) is 18.9 Å². The molecule has 1 unspecified atom stereocenters. The number of quaternary nitrogens is 1. The second kappa shape index (κ2) is 3.59. The molecular weight excluding hydrogens is 228 g/mol. The van der Waals surface area contributed by atoms with Gasteiger partial charge in [0.15, 0.2) is 0 Å². The molecule has 1 saturated carbocycles. The van der Waals surface area contributed by atoms with Crippen molar-refractivity contribution in [1.82, 2.24) is 5.43 Å². The largest absolute Gasteiger partial charge is 0.441 e. The molecule has 1 aromatic carbocycles. The predicted octanol–water partition coefficient (Wildman–Crippen LogP) is 0.397. The number of hydrogen-bond donors (Lipinski definition) is 2. The molecular formula is C11H10F2N3O+. The molecule has 1 heterocycles. The van der Waals surface area contributed by atoms with E-state index in [0.29, 0.717) is 10.7 Å². The fraction of sp³-hybridized carbons (Fsp3) is 0.273. The predicted molar refractivity (Wildman–Crippen MR) is 55.4 cm³/mol. The summed E-state index contributed by atoms with van der Waals surface area (Å²) in [6.45, 7) is 0. The number of amides is 2. The molecule has 0 spiro atoms. The maximum atomic E-state index is 13.6. The van der Waals surface area contributed by atoms with Crippen LogP contribution >= 0.6 is 0 Å². The van der Waals surface area contributed by atoms with E-state index in [9.17, 15) is 13.6 Å². The first-order valence-electron chi connectivity index (χ1n) is 5.37. The number of halogens is 2. The summed E-state index contributed by atoms with van der Waals surface area (Å²) in [5.41, 5.74) is 2.51. The van der Waals surface area contributed by atoms with Crippen LogP contribution in [-0.2, 0) is 0 Å². The lowest BCUT2D eigenvalue weighted by Crippen LogP contribution is -3.17. The van der Waals surface area contributed by atoms with Gasteiger partial charge in [-0.05, 0) is 12.1 Å². The molecule has 0 bridgehead atoms. The molecule has 3 rings (SSSR count). The van der Waals surface area contributed by atoms with Crippen molar-refractivity contribution in [1.29, 1.82) is 0 Å². The number of hydrazone groups is 1. The second-order valence-electron chi connectivity index (χ2n) is 4.21. The van der Waals surface area contributed by atoms with Crippen LogP contribution < -0.4 is 10.3 Å². The highest BCUT2D eigenvalue weighted by molar-refractivity contribution is 6.00. The number of nitrogens with zero attached hydrogens (tertiary/aromatic N) is 1. The minimum absolute atomic E-state index is 0.167. The van der Waals surface area contributed by atoms with Crippen LogP contribution in [0.15, 0.2) is 23.3 Å². The highest BCUT2D eigenvalue weighted by atomic mass is 19.1. The van der Waals surface area contributed by atoms with Gasteiger partial charge in [0.05, 0.1) is 5.56 Å². The van der Waals surface area contributed by atoms with Crippen LogP contribution in [0.5, 0.6) is 0 Å². The minimum Gasteiger partial charge on any atom is -0.207 e. The summed E-state index contributed by atoms with van der Waals surface area (Å²) < 4.78 is 26.4. The first-order valence-corrected chi connectivity index (χ1v) is 5.37. The van der Waals surface area contributed by atoms with E-state index in [1.165, 1.54) is 6.07 Å². The molecule has 0 saturated heterocycles. The van der Waals surface area contributed by atoms with Crippen LogP contribution in [0.2, 0.25) is 0 Å². The maximum absolute atomic E-state index is 13.6. The Morgan fingerprint density at radius 3 is 2.76 bits per heavy atom. The number of benzene rings is 1. The normalized spacial score (nSPS) is 23.5. The minimum atomic E-state index is -0.696. The van der Waals surface area contributed by atoms with Crippen molar-refractivity contribution >= 4 is 11.9 Å². The molecule has 1 atom stereocenters. The standard InChI is InChI=1S/C11H9F2N3O/c12-6-1-4-8(9(13)5-6)10-14-15-11(17)16(10)7-2-3-7/h1,4-5,7H,2-3H2,(H,15,17)/p+1. The van der Waals surface area contributed by atoms with Gasteiger partial charge in [0.25, 0.3) is 5.84 Å². The van der Waals surface area contributed by atoms with Crippen molar-refractivity contribution in [2.75, 3.05) is 0 Å². The fourth-order valence-electron chi connectivity index (χ4n) is 1.97. The highest BCUT2D eigenvalue weighted by Gasteiger charge is 2.46. The molecule has 2 aliphatic rings. The van der Waals surface area contributed by atoms with E-state index in [1.54, 1.807) is 0 Å². The second-order valence-corrected chi connectivity index (χ2v) is 4.21. The van der Waals surface area contributed by atoms with E-state index in [-0.39, 0.29) is 17.6 Å². The molecule has 4 nitrogen and oxygen atoms in total. The Balaban J connectivity index is 2.00. The number of amidine groups is 1. The van der Waals surface area contributed by atoms with Gasteiger partial charge in [-0.15, -0.1) is 5.10 Å². The van der Waals surface area contributed by atoms with Crippen molar-refractivity contribution in [3.63, 3.8) is 0 Å². The van der Waals surface area contributed by atoms with Gasteiger partial charge in [0.2, 0.25) is 0 Å². The molecule has 2 N–H and O–H groups in total. The van der Waals surface area contributed by atoms with Crippen LogP contribution in [-0.4, -0.2) is 17.9 Å². The average molecular weight is 238 g/mol. The van der Waals surface area contributed by atoms with Crippen molar-refractivity contribution in [3.05, 3.63) is 35.4 Å². The number of urea groups is 1. The Morgan fingerprint density at radius 1 is 1.35 bits per heavy atom. The Morgan fingerprint density at radius 2 is 2.12 bits per heavy atom. The summed E-state index contributed by atoms with van der Waals surface area (Å²) in [4.78, 5) is 12.1. The SMILES string of the molecule is O=C1NN=C(c2ccc(F)cc2F)[NH+]1C1CC1. The van der Waals surface area contributed by atoms with Crippen LogP contribution in [0.25, 0.3) is 0 Å². The topological polar surface area (TPSA) is 45.9 Å². The van der Waals surface area contributed by atoms with Crippen LogP contribution in [0, 0.1) is 11.6 Å². The van der Waals surface area contributed by atoms with E-state index in [0.717, 1.165) is 25.0 Å². The fourth-order valence-corrected chi connectivity index (χ4v) is 1.97. The van der Waals surface area contributed by atoms with Crippen molar-refractivity contribution in [3.8, 4) is 0 Å². The van der Waals surface area contributed by atoms with E-state index in [4.69, 9.17) is 0 Å². The summed E-state index contributed by atoms with van der Waals surface area (Å²) in [5, 5.41) is 3.84. The van der Waals surface area contributed by atoms with Gasteiger partial charge in [-0.25, -0.2) is 13.6 Å². The van der Waals surface area contributed by atoms with Crippen molar-refractivity contribution in [2.45, 2.75) is 18.9 Å². The molecule has 1 aliphatic carbocycles. The lowest BCUT2D eigenvalue weighted by atomic mass is 10.1. The lowest BCUT2D eigenvalue weighted by Gasteiger charge is -2.09. The van der Waals surface area contributed by atoms with Crippen molar-refractivity contribution in [2.24, 2.45) is 5.10 Å². The number of hydrogen-bond acceptors (Lipinski definition) is 2. The Kier molecular flexibility index (Phi) is 2.19. The molecule has 1 aliphatic heterocycles. The lowest BCUT2D eigenvalue weighted by molar-refractivity contribution is -0.722. The zero-order valence-electron chi connectivity index (χ0n) is 8.84. The molecule has 0 radical (unpaired) electrons. The summed E-state index contributed by atoms with van der Waals surface area (Å²) in [7, 11) is 0. The van der Waals surface area contributed by atoms with Crippen LogP contribution in [0.1, 0.15) is 18.4 Å². The molecule has 6 heteroatoms. The van der Waals surface area contributed by atoms with Gasteiger partial charge in [-0.3, -0.25) is 0 Å². The number of carbonyl (C=O) groups is 1. The van der Waals surface area contributed by atoms with Gasteiger partial charge in [-0.1, -0.05) is 0 Å². The molecule has 17 heavy (non-hydrogen) atoms. The Labute approximate surface area is 95.9 Å². The molecule has 1 fully saturated rings. The summed E-state index contributed by atoms with van der Waals surface area (Å²) in [6.07, 6.45) is 1.84. The zero-order chi connectivity index (χ0) is 12.0. The maximum Gasteiger partial charge on any atom is 0.441 e. The molecule has 0 aromatic heterocycles.